The Labute approximate surface area is 90.9 Å². The number of carbonyl (C=O) groups is 1. The highest BCUT2D eigenvalue weighted by molar-refractivity contribution is 5.80. The van der Waals surface area contributed by atoms with Gasteiger partial charge < -0.3 is 4.74 Å². The first-order valence-electron chi connectivity index (χ1n) is 4.53. The van der Waals surface area contributed by atoms with Gasteiger partial charge in [-0.15, -0.1) is 0 Å². The number of methoxy groups -OCH3 is 1. The van der Waals surface area contributed by atoms with Crippen LogP contribution in [-0.2, 0) is 9.53 Å². The minimum Gasteiger partial charge on any atom is -0.466 e. The summed E-state index contributed by atoms with van der Waals surface area (Å²) in [5, 5.41) is 0. The van der Waals surface area contributed by atoms with E-state index in [1.54, 1.807) is 0 Å². The first-order chi connectivity index (χ1) is 7.13. The molecule has 0 aliphatic carbocycles. The molecule has 0 spiro atoms. The smallest absolute Gasteiger partial charge is 0.329 e. The summed E-state index contributed by atoms with van der Waals surface area (Å²) in [6.07, 6.45) is 2.96. The molecule has 1 aromatic rings. The number of ether oxygens (including phenoxy) is 1. The van der Waals surface area contributed by atoms with Gasteiger partial charge in [0, 0.05) is 6.08 Å². The van der Waals surface area contributed by atoms with E-state index in [1.165, 1.54) is 18.2 Å². The molecule has 0 amide bonds. The highest BCUT2D eigenvalue weighted by Crippen LogP contribution is 2.02. The van der Waals surface area contributed by atoms with Crippen molar-refractivity contribution in [3.8, 4) is 0 Å². The Balaban J connectivity index is 0.000000288. The lowest BCUT2D eigenvalue weighted by atomic mass is 10.2. The van der Waals surface area contributed by atoms with E-state index in [0.717, 1.165) is 6.08 Å². The van der Waals surface area contributed by atoms with E-state index in [-0.39, 0.29) is 0 Å². The number of esters is 1. The second-order valence-corrected chi connectivity index (χ2v) is 2.84. The van der Waals surface area contributed by atoms with Crippen molar-refractivity contribution in [3.05, 3.63) is 54.6 Å². The van der Waals surface area contributed by atoms with E-state index in [9.17, 15) is 4.79 Å². The molecule has 1 rings (SSSR count). The van der Waals surface area contributed by atoms with Crippen molar-refractivity contribution >= 4 is 12.0 Å². The fraction of sp³-hybridized carbons (Fsp3) is 0.154. The van der Waals surface area contributed by atoms with Crippen molar-refractivity contribution in [2.24, 2.45) is 0 Å². The number of benzene rings is 1. The largest absolute Gasteiger partial charge is 0.466 e. The molecule has 0 fully saturated rings. The van der Waals surface area contributed by atoms with Crippen molar-refractivity contribution in [2.45, 2.75) is 6.92 Å². The van der Waals surface area contributed by atoms with Gasteiger partial charge in [0.05, 0.1) is 7.11 Å². The molecule has 0 radical (unpaired) electrons. The quantitative estimate of drug-likeness (QED) is 0.547. The average Bonchev–Trinajstić information content (AvgIpc) is 2.30. The summed E-state index contributed by atoms with van der Waals surface area (Å²) in [4.78, 5) is 9.84. The molecule has 15 heavy (non-hydrogen) atoms. The molecule has 0 unspecified atom stereocenters. The summed E-state index contributed by atoms with van der Waals surface area (Å²) in [6, 6.07) is 8.28. The molecule has 0 aliphatic rings. The molecule has 0 saturated carbocycles. The van der Waals surface area contributed by atoms with Crippen LogP contribution in [0.5, 0.6) is 0 Å². The van der Waals surface area contributed by atoms with E-state index in [1.807, 2.05) is 6.08 Å². The summed E-state index contributed by atoms with van der Waals surface area (Å²) in [6.45, 7) is 8.89. The molecule has 80 valence electrons. The van der Waals surface area contributed by atoms with Gasteiger partial charge in [-0.25, -0.2) is 4.79 Å². The van der Waals surface area contributed by atoms with Gasteiger partial charge in [-0.2, -0.15) is 0 Å². The number of carbonyl (C=O) groups excluding carboxylic acids is 1. The number of hydrogen-bond acceptors (Lipinski definition) is 2. The number of rotatable bonds is 2. The Bertz CT molecular complexity index is 323. The highest BCUT2D eigenvalue weighted by atomic mass is 16.5. The van der Waals surface area contributed by atoms with Crippen LogP contribution in [0.1, 0.15) is 11.1 Å². The molecule has 0 saturated heterocycles. The minimum atomic E-state index is -0.394. The predicted octanol–water partition coefficient (Wildman–Crippen LogP) is 2.98. The molecule has 2 heteroatoms. The van der Waals surface area contributed by atoms with Crippen molar-refractivity contribution in [2.75, 3.05) is 7.11 Å². The zero-order valence-corrected chi connectivity index (χ0v) is 9.19. The normalized spacial score (nSPS) is 8.13. The molecule has 0 aliphatic heterocycles. The molecular formula is C13H16O2. The van der Waals surface area contributed by atoms with Crippen LogP contribution in [-0.4, -0.2) is 13.1 Å². The first-order valence-corrected chi connectivity index (χ1v) is 4.53. The van der Waals surface area contributed by atoms with Gasteiger partial charge in [-0.3, -0.25) is 0 Å². The van der Waals surface area contributed by atoms with Crippen LogP contribution >= 0.6 is 0 Å². The van der Waals surface area contributed by atoms with E-state index in [4.69, 9.17) is 0 Å². The Kier molecular flexibility index (Phi) is 6.64. The van der Waals surface area contributed by atoms with Crippen molar-refractivity contribution in [1.82, 2.24) is 0 Å². The van der Waals surface area contributed by atoms with Gasteiger partial charge in [0.1, 0.15) is 0 Å². The Morgan fingerprint density at radius 2 is 1.80 bits per heavy atom. The van der Waals surface area contributed by atoms with Crippen LogP contribution in [0, 0.1) is 6.92 Å². The molecule has 0 heterocycles. The zero-order chi connectivity index (χ0) is 11.7. The summed E-state index contributed by atoms with van der Waals surface area (Å²) in [5.74, 6) is -0.394. The molecule has 0 bridgehead atoms. The monoisotopic (exact) mass is 204 g/mol. The lowest BCUT2D eigenvalue weighted by molar-refractivity contribution is -0.134. The maximum atomic E-state index is 9.84. The average molecular weight is 204 g/mol. The van der Waals surface area contributed by atoms with Crippen LogP contribution in [0.3, 0.4) is 0 Å². The Morgan fingerprint density at radius 3 is 2.07 bits per heavy atom. The lowest BCUT2D eigenvalue weighted by Crippen LogP contribution is -1.91. The van der Waals surface area contributed by atoms with Gasteiger partial charge in [-0.05, 0) is 12.5 Å². The molecular weight excluding hydrogens is 188 g/mol. The zero-order valence-electron chi connectivity index (χ0n) is 9.19. The second-order valence-electron chi connectivity index (χ2n) is 2.84. The van der Waals surface area contributed by atoms with E-state index < -0.39 is 5.97 Å². The molecule has 2 nitrogen and oxygen atoms in total. The van der Waals surface area contributed by atoms with Crippen LogP contribution < -0.4 is 0 Å². The van der Waals surface area contributed by atoms with Crippen LogP contribution in [0.4, 0.5) is 0 Å². The third-order valence-corrected chi connectivity index (χ3v) is 1.68. The topological polar surface area (TPSA) is 26.3 Å². The summed E-state index contributed by atoms with van der Waals surface area (Å²) in [7, 11) is 1.31. The van der Waals surface area contributed by atoms with Crippen LogP contribution in [0.15, 0.2) is 43.5 Å². The highest BCUT2D eigenvalue weighted by Gasteiger charge is 1.82. The Morgan fingerprint density at radius 1 is 1.27 bits per heavy atom. The SMILES string of the molecule is C=CC(=O)OC.C=Cc1ccc(C)cc1. The van der Waals surface area contributed by atoms with Gasteiger partial charge in [0.15, 0.2) is 0 Å². The van der Waals surface area contributed by atoms with Crippen molar-refractivity contribution in [3.63, 3.8) is 0 Å². The molecule has 0 N–H and O–H groups in total. The maximum absolute atomic E-state index is 9.84. The second kappa shape index (κ2) is 7.56. The standard InChI is InChI=1S/C9H10.C4H6O2/c1-3-9-6-4-8(2)5-7-9;1-3-4(5)6-2/h3-7H,1H2,2H3;3H,1H2,2H3. The number of aryl methyl sites for hydroxylation is 1. The molecule has 0 aromatic heterocycles. The minimum absolute atomic E-state index is 0.394. The Hall–Kier alpha value is -1.83. The lowest BCUT2D eigenvalue weighted by Gasteiger charge is -1.91. The summed E-state index contributed by atoms with van der Waals surface area (Å²) >= 11 is 0. The van der Waals surface area contributed by atoms with E-state index in [0.29, 0.717) is 0 Å². The first kappa shape index (κ1) is 13.2. The fourth-order valence-corrected chi connectivity index (χ4v) is 0.786. The van der Waals surface area contributed by atoms with Gasteiger partial charge >= 0.3 is 5.97 Å². The molecule has 0 atom stereocenters. The number of hydrogen-bond donors (Lipinski definition) is 0. The third kappa shape index (κ3) is 6.27. The van der Waals surface area contributed by atoms with Crippen LogP contribution in [0.25, 0.3) is 6.08 Å². The van der Waals surface area contributed by atoms with E-state index >= 15 is 0 Å². The summed E-state index contributed by atoms with van der Waals surface area (Å²) < 4.78 is 4.14. The third-order valence-electron chi connectivity index (χ3n) is 1.68. The van der Waals surface area contributed by atoms with Crippen molar-refractivity contribution in [1.29, 1.82) is 0 Å². The van der Waals surface area contributed by atoms with E-state index in [2.05, 4.69) is 49.1 Å². The molecule has 1 aromatic carbocycles. The van der Waals surface area contributed by atoms with Crippen molar-refractivity contribution < 1.29 is 9.53 Å². The van der Waals surface area contributed by atoms with Crippen LogP contribution in [0.2, 0.25) is 0 Å². The summed E-state index contributed by atoms with van der Waals surface area (Å²) in [5.41, 5.74) is 2.47. The fourth-order valence-electron chi connectivity index (χ4n) is 0.786. The van der Waals surface area contributed by atoms with Gasteiger partial charge in [0.25, 0.3) is 0 Å². The van der Waals surface area contributed by atoms with Gasteiger partial charge in [-0.1, -0.05) is 49.1 Å². The van der Waals surface area contributed by atoms with Gasteiger partial charge in [0.2, 0.25) is 0 Å². The predicted molar refractivity (Wildman–Crippen MR) is 63.5 cm³/mol. The maximum Gasteiger partial charge on any atom is 0.329 e.